The van der Waals surface area contributed by atoms with Gasteiger partial charge in [-0.3, -0.25) is 4.79 Å². The molecule has 1 amide bonds. The summed E-state index contributed by atoms with van der Waals surface area (Å²) < 4.78 is 44.2. The van der Waals surface area contributed by atoms with Crippen LogP contribution in [0.15, 0.2) is 52.3 Å². The first kappa shape index (κ1) is 28.0. The summed E-state index contributed by atoms with van der Waals surface area (Å²) in [6.07, 6.45) is 3.34. The van der Waals surface area contributed by atoms with E-state index >= 15 is 0 Å². The van der Waals surface area contributed by atoms with E-state index in [1.165, 1.54) is 16.4 Å². The van der Waals surface area contributed by atoms with E-state index in [4.69, 9.17) is 16.3 Å². The normalized spacial score (nSPS) is 28.0. The average molecular weight is 582 g/mol. The minimum absolute atomic E-state index is 0.0613. The maximum Gasteiger partial charge on any atom is 0.327 e. The molecule has 8 nitrogen and oxygen atoms in total. The quantitative estimate of drug-likeness (QED) is 0.393. The van der Waals surface area contributed by atoms with Crippen LogP contribution in [-0.2, 0) is 30.7 Å². The third kappa shape index (κ3) is 5.69. The Morgan fingerprint density at radius 2 is 1.82 bits per heavy atom. The smallest absolute Gasteiger partial charge is 0.327 e. The van der Waals surface area contributed by atoms with E-state index in [0.717, 1.165) is 30.7 Å². The highest BCUT2D eigenvalue weighted by Crippen LogP contribution is 2.53. The topological polar surface area (TPSA) is 102 Å². The summed E-state index contributed by atoms with van der Waals surface area (Å²) in [6, 6.07) is 11.9. The number of nitrogens with zero attached hydrogens (tertiary/aromatic N) is 2. The highest BCUT2D eigenvalue weighted by molar-refractivity contribution is 7.95. The molecule has 206 valence electrons. The van der Waals surface area contributed by atoms with Gasteiger partial charge in [0.2, 0.25) is 9.79 Å². The molecule has 0 aromatic heterocycles. The Balaban J connectivity index is 1.28. The van der Waals surface area contributed by atoms with Gasteiger partial charge in [-0.05, 0) is 70.7 Å². The molecule has 38 heavy (non-hydrogen) atoms. The number of carbonyl (C=O) groups excluding carboxylic acids is 1. The fraction of sp³-hybridized carbons (Fsp3) is 0.519. The predicted molar refractivity (Wildman–Crippen MR) is 152 cm³/mol. The third-order valence-corrected chi connectivity index (χ3v) is 11.7. The van der Waals surface area contributed by atoms with Gasteiger partial charge in [0.15, 0.2) is 0 Å². The minimum Gasteiger partial charge on any atom is -0.378 e. The first-order valence-corrected chi connectivity index (χ1v) is 15.9. The molecule has 3 aliphatic rings. The van der Waals surface area contributed by atoms with Crippen molar-refractivity contribution in [3.05, 3.63) is 53.1 Å². The van der Waals surface area contributed by atoms with E-state index in [1.54, 1.807) is 30.3 Å². The molecule has 2 aromatic carbocycles. The van der Waals surface area contributed by atoms with Crippen molar-refractivity contribution in [2.45, 2.75) is 55.9 Å². The minimum atomic E-state index is -3.57. The number of ether oxygens (including phenoxy) is 1. The molecule has 0 radical (unpaired) electrons. The van der Waals surface area contributed by atoms with Crippen molar-refractivity contribution in [1.82, 2.24) is 8.61 Å². The van der Waals surface area contributed by atoms with Crippen LogP contribution in [0.1, 0.15) is 50.4 Å². The lowest BCUT2D eigenvalue weighted by Gasteiger charge is -2.39. The second-order valence-electron chi connectivity index (χ2n) is 11.7. The molecule has 4 atom stereocenters. The number of morpholine rings is 1. The molecule has 3 fully saturated rings. The summed E-state index contributed by atoms with van der Waals surface area (Å²) in [4.78, 5) is 13.8. The zero-order valence-electron chi connectivity index (χ0n) is 22.0. The molecule has 11 heteroatoms. The lowest BCUT2D eigenvalue weighted by atomic mass is 9.65. The van der Waals surface area contributed by atoms with Crippen LogP contribution < -0.4 is 5.32 Å². The third-order valence-electron chi connectivity index (χ3n) is 7.71. The van der Waals surface area contributed by atoms with Gasteiger partial charge in [0.25, 0.3) is 17.3 Å². The fourth-order valence-electron chi connectivity index (χ4n) is 6.40. The molecular weight excluding hydrogens is 546 g/mol. The van der Waals surface area contributed by atoms with Crippen LogP contribution in [0, 0.1) is 10.8 Å². The molecule has 2 aromatic rings. The predicted octanol–water partition coefficient (Wildman–Crippen LogP) is 5.44. The van der Waals surface area contributed by atoms with Crippen LogP contribution in [0.4, 0.5) is 5.69 Å². The Morgan fingerprint density at radius 3 is 2.50 bits per heavy atom. The highest BCUT2D eigenvalue weighted by atomic mass is 35.5. The van der Waals surface area contributed by atoms with Gasteiger partial charge in [-0.15, -0.1) is 0 Å². The van der Waals surface area contributed by atoms with Gasteiger partial charge in [0.05, 0.1) is 38.9 Å². The van der Waals surface area contributed by atoms with Gasteiger partial charge in [-0.1, -0.05) is 41.0 Å². The second kappa shape index (κ2) is 10.5. The lowest BCUT2D eigenvalue weighted by molar-refractivity contribution is 0.0700. The van der Waals surface area contributed by atoms with Gasteiger partial charge in [0, 0.05) is 17.3 Å². The SMILES string of the molecule is CC1(C)CC2CC(C)(CN2[S+](O)c2ccc(C(=O)Nc3ccc(Cl)c([S+](=O)(O)N4CCOCC4)c3)cc2)C1. The zero-order chi connectivity index (χ0) is 27.3. The molecule has 1 aliphatic carbocycles. The first-order chi connectivity index (χ1) is 17.9. The Hall–Kier alpha value is -1.50. The number of hydrogen-bond acceptors (Lipinski definition) is 5. The summed E-state index contributed by atoms with van der Waals surface area (Å²) >= 11 is 5.23. The average Bonchev–Trinajstić information content (AvgIpc) is 3.13. The Kier molecular flexibility index (Phi) is 7.73. The standard InChI is InChI=1S/C27H34ClN3O5S2/c1-26(2)15-21-16-27(3,17-26)18-31(21)37(33)22-7-4-19(5-8-22)25(32)29-20-6-9-23(28)24(14-20)38(34,35)30-10-12-36-13-11-30/h4-9,14,21,33H,10-13,15-18H2,1-3H3/p+2. The van der Waals surface area contributed by atoms with Gasteiger partial charge in [0.1, 0.15) is 5.02 Å². The molecule has 2 heterocycles. The molecule has 0 spiro atoms. The van der Waals surface area contributed by atoms with Crippen molar-refractivity contribution in [3.8, 4) is 0 Å². The number of hydrogen-bond donors (Lipinski definition) is 3. The van der Waals surface area contributed by atoms with Gasteiger partial charge >= 0.3 is 10.4 Å². The summed E-state index contributed by atoms with van der Waals surface area (Å²) in [6.45, 7) is 9.19. The van der Waals surface area contributed by atoms with Crippen LogP contribution in [0.3, 0.4) is 0 Å². The molecule has 2 aliphatic heterocycles. The maximum atomic E-state index is 13.2. The number of amides is 1. The summed E-state index contributed by atoms with van der Waals surface area (Å²) in [5, 5.41) is 2.96. The Morgan fingerprint density at radius 1 is 1.13 bits per heavy atom. The molecule has 2 saturated heterocycles. The van der Waals surface area contributed by atoms with Crippen LogP contribution in [0.2, 0.25) is 5.02 Å². The molecule has 2 bridgehead atoms. The number of fused-ring (bicyclic) bond motifs is 2. The Bertz CT molecular complexity index is 1250. The molecule has 5 rings (SSSR count). The summed E-state index contributed by atoms with van der Waals surface area (Å²) in [5.41, 5.74) is 1.28. The number of nitrogens with one attached hydrogen (secondary N) is 1. The fourth-order valence-corrected chi connectivity index (χ4v) is 9.85. The van der Waals surface area contributed by atoms with Crippen molar-refractivity contribution < 1.29 is 22.8 Å². The van der Waals surface area contributed by atoms with Crippen molar-refractivity contribution in [3.63, 3.8) is 0 Å². The number of halogens is 1. The van der Waals surface area contributed by atoms with Gasteiger partial charge in [-0.25, -0.2) is 0 Å². The van der Waals surface area contributed by atoms with Crippen LogP contribution in [0.5, 0.6) is 0 Å². The number of rotatable bonds is 6. The summed E-state index contributed by atoms with van der Waals surface area (Å²) in [7, 11) is -3.57. The van der Waals surface area contributed by atoms with Gasteiger partial charge < -0.3 is 10.1 Å². The van der Waals surface area contributed by atoms with Crippen LogP contribution >= 0.6 is 11.6 Å². The zero-order valence-corrected chi connectivity index (χ0v) is 24.4. The molecule has 1 saturated carbocycles. The van der Waals surface area contributed by atoms with Crippen LogP contribution in [-0.4, -0.2) is 62.5 Å². The van der Waals surface area contributed by atoms with E-state index in [2.05, 4.69) is 30.4 Å². The van der Waals surface area contributed by atoms with Crippen LogP contribution in [0.25, 0.3) is 0 Å². The lowest BCUT2D eigenvalue weighted by Crippen LogP contribution is -2.44. The van der Waals surface area contributed by atoms with E-state index in [1.807, 2.05) is 0 Å². The first-order valence-electron chi connectivity index (χ1n) is 12.9. The second-order valence-corrected chi connectivity index (χ2v) is 15.5. The number of anilines is 1. The van der Waals surface area contributed by atoms with E-state index in [0.29, 0.717) is 43.6 Å². The van der Waals surface area contributed by atoms with Crippen molar-refractivity contribution in [2.75, 3.05) is 38.2 Å². The van der Waals surface area contributed by atoms with E-state index in [9.17, 15) is 18.1 Å². The highest BCUT2D eigenvalue weighted by Gasteiger charge is 2.56. The summed E-state index contributed by atoms with van der Waals surface area (Å²) in [5.74, 6) is -0.357. The van der Waals surface area contributed by atoms with Gasteiger partial charge in [-0.2, -0.15) is 9.11 Å². The van der Waals surface area contributed by atoms with E-state index in [-0.39, 0.29) is 26.7 Å². The molecule has 3 N–H and O–H groups in total. The Labute approximate surface area is 233 Å². The number of carbonyl (C=O) groups is 1. The van der Waals surface area contributed by atoms with Crippen molar-refractivity contribution in [2.24, 2.45) is 10.8 Å². The van der Waals surface area contributed by atoms with Crippen molar-refractivity contribution in [1.29, 1.82) is 0 Å². The maximum absolute atomic E-state index is 13.2. The monoisotopic (exact) mass is 581 g/mol. The largest absolute Gasteiger partial charge is 0.378 e. The molecular formula is C27H36ClN3O5S2+2. The van der Waals surface area contributed by atoms with Crippen molar-refractivity contribution >= 4 is 45.0 Å². The molecule has 4 unspecified atom stereocenters. The number of benzene rings is 2. The van der Waals surface area contributed by atoms with E-state index < -0.39 is 21.8 Å².